The number of para-hydroxylation sites is 2. The summed E-state index contributed by atoms with van der Waals surface area (Å²) in [4.78, 5) is 5.04. The number of fused-ring (bicyclic) bond motifs is 5. The Hall–Kier alpha value is -4.63. The monoisotopic (exact) mass is 449 g/mol. The Balaban J connectivity index is 1.40. The molecule has 0 aliphatic heterocycles. The first kappa shape index (κ1) is 19.8. The van der Waals surface area contributed by atoms with Crippen molar-refractivity contribution in [3.8, 4) is 27.9 Å². The van der Waals surface area contributed by atoms with Gasteiger partial charge in [-0.3, -0.25) is 8.97 Å². The third kappa shape index (κ3) is 3.17. The molecule has 0 N–H and O–H groups in total. The van der Waals surface area contributed by atoms with Crippen molar-refractivity contribution in [1.29, 1.82) is 0 Å². The molecule has 166 valence electrons. The van der Waals surface area contributed by atoms with Crippen LogP contribution in [0.2, 0.25) is 0 Å². The summed E-state index contributed by atoms with van der Waals surface area (Å²) in [6.07, 6.45) is 0. The van der Waals surface area contributed by atoms with E-state index in [4.69, 9.17) is 4.98 Å². The van der Waals surface area contributed by atoms with E-state index in [1.807, 2.05) is 0 Å². The number of aromatic nitrogens is 3. The zero-order chi connectivity index (χ0) is 23.4. The summed E-state index contributed by atoms with van der Waals surface area (Å²) in [6.45, 7) is 2.13. The van der Waals surface area contributed by atoms with E-state index in [-0.39, 0.29) is 0 Å². The third-order valence-corrected chi connectivity index (χ3v) is 6.79. The van der Waals surface area contributed by atoms with Gasteiger partial charge in [-0.25, -0.2) is 4.98 Å². The fourth-order valence-corrected chi connectivity index (χ4v) is 5.07. The fourth-order valence-electron chi connectivity index (χ4n) is 5.07. The number of hydrogen-bond acceptors (Lipinski definition) is 1. The van der Waals surface area contributed by atoms with E-state index < -0.39 is 0 Å². The molecule has 3 heteroatoms. The SMILES string of the molecule is Cc1ccc2nc3n(-c4cccc(-c5ccc(-c6ccccc6)cc5)c4)c4ccccc4n3c2c1. The lowest BCUT2D eigenvalue weighted by Crippen LogP contribution is -1.95. The number of benzene rings is 5. The highest BCUT2D eigenvalue weighted by atomic mass is 15.2. The van der Waals surface area contributed by atoms with Crippen LogP contribution in [0, 0.1) is 6.92 Å². The molecule has 0 fully saturated rings. The van der Waals surface area contributed by atoms with Crippen LogP contribution in [0.1, 0.15) is 5.56 Å². The lowest BCUT2D eigenvalue weighted by molar-refractivity contribution is 1.11. The largest absolute Gasteiger partial charge is 0.278 e. The lowest BCUT2D eigenvalue weighted by Gasteiger charge is -2.09. The van der Waals surface area contributed by atoms with Gasteiger partial charge in [0.1, 0.15) is 0 Å². The maximum Gasteiger partial charge on any atom is 0.220 e. The van der Waals surface area contributed by atoms with Gasteiger partial charge in [0, 0.05) is 5.69 Å². The van der Waals surface area contributed by atoms with Gasteiger partial charge >= 0.3 is 0 Å². The van der Waals surface area contributed by atoms with Crippen LogP contribution in [0.5, 0.6) is 0 Å². The molecule has 5 aromatic carbocycles. The molecular weight excluding hydrogens is 426 g/mol. The summed E-state index contributed by atoms with van der Waals surface area (Å²) in [5.41, 5.74) is 11.6. The molecular formula is C32H23N3. The molecule has 7 rings (SSSR count). The van der Waals surface area contributed by atoms with E-state index in [9.17, 15) is 0 Å². The van der Waals surface area contributed by atoms with Crippen molar-refractivity contribution in [3.63, 3.8) is 0 Å². The van der Waals surface area contributed by atoms with Crippen LogP contribution in [-0.4, -0.2) is 14.0 Å². The van der Waals surface area contributed by atoms with Crippen molar-refractivity contribution in [2.24, 2.45) is 0 Å². The Morgan fingerprint density at radius 2 is 1.17 bits per heavy atom. The number of hydrogen-bond donors (Lipinski definition) is 0. The van der Waals surface area contributed by atoms with Crippen LogP contribution in [-0.2, 0) is 0 Å². The van der Waals surface area contributed by atoms with Crippen LogP contribution in [0.4, 0.5) is 0 Å². The first-order chi connectivity index (χ1) is 17.3. The predicted molar refractivity (Wildman–Crippen MR) is 145 cm³/mol. The van der Waals surface area contributed by atoms with E-state index >= 15 is 0 Å². The smallest absolute Gasteiger partial charge is 0.220 e. The van der Waals surface area contributed by atoms with E-state index in [1.54, 1.807) is 0 Å². The van der Waals surface area contributed by atoms with E-state index in [0.29, 0.717) is 0 Å². The molecule has 0 saturated carbocycles. The maximum atomic E-state index is 5.04. The van der Waals surface area contributed by atoms with Crippen molar-refractivity contribution >= 4 is 27.8 Å². The number of imidazole rings is 2. The van der Waals surface area contributed by atoms with E-state index in [2.05, 4.69) is 137 Å². The quantitative estimate of drug-likeness (QED) is 0.267. The van der Waals surface area contributed by atoms with Crippen molar-refractivity contribution in [2.45, 2.75) is 6.92 Å². The average Bonchev–Trinajstić information content (AvgIpc) is 3.43. The summed E-state index contributed by atoms with van der Waals surface area (Å²) >= 11 is 0. The molecule has 0 atom stereocenters. The molecule has 0 saturated heterocycles. The Labute approximate surface area is 203 Å². The minimum atomic E-state index is 0.934. The normalized spacial score (nSPS) is 11.6. The standard InChI is InChI=1S/C32H23N3/c1-22-14-19-28-31(20-22)35-30-13-6-5-12-29(30)34(32(35)33-28)27-11-7-10-26(21-27)25-17-15-24(16-18-25)23-8-3-2-4-9-23/h2-21H,1H3. The van der Waals surface area contributed by atoms with Crippen molar-refractivity contribution in [2.75, 3.05) is 0 Å². The molecule has 0 spiro atoms. The second-order valence-electron chi connectivity index (χ2n) is 9.06. The van der Waals surface area contributed by atoms with Gasteiger partial charge in [-0.2, -0.15) is 0 Å². The number of nitrogens with zero attached hydrogens (tertiary/aromatic N) is 3. The highest BCUT2D eigenvalue weighted by molar-refractivity contribution is 5.92. The zero-order valence-corrected chi connectivity index (χ0v) is 19.4. The molecule has 0 bridgehead atoms. The van der Waals surface area contributed by atoms with E-state index in [0.717, 1.165) is 33.5 Å². The van der Waals surface area contributed by atoms with Gasteiger partial charge in [0.2, 0.25) is 5.78 Å². The Morgan fingerprint density at radius 1 is 0.514 bits per heavy atom. The van der Waals surface area contributed by atoms with Crippen molar-refractivity contribution < 1.29 is 0 Å². The van der Waals surface area contributed by atoms with Crippen LogP contribution < -0.4 is 0 Å². The molecule has 2 heterocycles. The van der Waals surface area contributed by atoms with Gasteiger partial charge in [-0.05, 0) is 71.1 Å². The minimum Gasteiger partial charge on any atom is -0.278 e. The highest BCUT2D eigenvalue weighted by Gasteiger charge is 2.17. The second kappa shape index (κ2) is 7.71. The lowest BCUT2D eigenvalue weighted by atomic mass is 10.00. The first-order valence-electron chi connectivity index (χ1n) is 11.9. The maximum absolute atomic E-state index is 5.04. The summed E-state index contributed by atoms with van der Waals surface area (Å²) in [6, 6.07) is 43.0. The van der Waals surface area contributed by atoms with E-state index in [1.165, 1.54) is 27.8 Å². The van der Waals surface area contributed by atoms with Gasteiger partial charge in [0.25, 0.3) is 0 Å². The molecule has 7 aromatic rings. The summed E-state index contributed by atoms with van der Waals surface area (Å²) in [7, 11) is 0. The Bertz CT molecular complexity index is 1840. The fraction of sp³-hybridized carbons (Fsp3) is 0.0312. The predicted octanol–water partition coefficient (Wildman–Crippen LogP) is 8.07. The zero-order valence-electron chi connectivity index (χ0n) is 19.4. The van der Waals surface area contributed by atoms with Crippen LogP contribution in [0.3, 0.4) is 0 Å². The van der Waals surface area contributed by atoms with Gasteiger partial charge in [-0.15, -0.1) is 0 Å². The van der Waals surface area contributed by atoms with Gasteiger partial charge in [0.15, 0.2) is 0 Å². The van der Waals surface area contributed by atoms with Crippen LogP contribution >= 0.6 is 0 Å². The average molecular weight is 450 g/mol. The molecule has 0 radical (unpaired) electrons. The molecule has 0 aliphatic rings. The topological polar surface area (TPSA) is 22.2 Å². The molecule has 3 nitrogen and oxygen atoms in total. The third-order valence-electron chi connectivity index (χ3n) is 6.79. The molecule has 0 amide bonds. The van der Waals surface area contributed by atoms with Gasteiger partial charge < -0.3 is 0 Å². The van der Waals surface area contributed by atoms with Crippen molar-refractivity contribution in [3.05, 3.63) is 127 Å². The molecule has 0 unspecified atom stereocenters. The summed E-state index contributed by atoms with van der Waals surface area (Å²) in [5, 5.41) is 0. The molecule has 0 aliphatic carbocycles. The summed E-state index contributed by atoms with van der Waals surface area (Å²) in [5.74, 6) is 0.934. The highest BCUT2D eigenvalue weighted by Crippen LogP contribution is 2.32. The second-order valence-corrected chi connectivity index (χ2v) is 9.06. The van der Waals surface area contributed by atoms with Crippen LogP contribution in [0.25, 0.3) is 55.8 Å². The van der Waals surface area contributed by atoms with Crippen LogP contribution in [0.15, 0.2) is 121 Å². The first-order valence-corrected chi connectivity index (χ1v) is 11.9. The number of aryl methyl sites for hydroxylation is 1. The summed E-state index contributed by atoms with van der Waals surface area (Å²) < 4.78 is 4.55. The van der Waals surface area contributed by atoms with Gasteiger partial charge in [-0.1, -0.05) is 84.9 Å². The minimum absolute atomic E-state index is 0.934. The molecule has 2 aromatic heterocycles. The van der Waals surface area contributed by atoms with Crippen molar-refractivity contribution in [1.82, 2.24) is 14.0 Å². The Morgan fingerprint density at radius 3 is 1.97 bits per heavy atom. The molecule has 35 heavy (non-hydrogen) atoms. The van der Waals surface area contributed by atoms with Gasteiger partial charge in [0.05, 0.1) is 22.1 Å². The Kier molecular flexibility index (Phi) is 4.36. The number of rotatable bonds is 3.